The Kier molecular flexibility index (Phi) is 4.86. The van der Waals surface area contributed by atoms with E-state index in [2.05, 4.69) is 5.32 Å². The van der Waals surface area contributed by atoms with Crippen LogP contribution in [0.3, 0.4) is 0 Å². The van der Waals surface area contributed by atoms with E-state index in [-0.39, 0.29) is 22.9 Å². The summed E-state index contributed by atoms with van der Waals surface area (Å²) in [5, 5.41) is 22.8. The van der Waals surface area contributed by atoms with Gasteiger partial charge in [-0.05, 0) is 24.0 Å². The van der Waals surface area contributed by atoms with Gasteiger partial charge in [-0.25, -0.2) is 0 Å². The summed E-state index contributed by atoms with van der Waals surface area (Å²) < 4.78 is 0. The summed E-state index contributed by atoms with van der Waals surface area (Å²) in [7, 11) is 0. The van der Waals surface area contributed by atoms with Crippen LogP contribution in [-0.2, 0) is 0 Å². The van der Waals surface area contributed by atoms with E-state index in [1.54, 1.807) is 0 Å². The third-order valence-electron chi connectivity index (χ3n) is 3.14. The van der Waals surface area contributed by atoms with E-state index < -0.39 is 10.8 Å². The Morgan fingerprint density at radius 1 is 1.42 bits per heavy atom. The average molecular weight is 266 g/mol. The van der Waals surface area contributed by atoms with Gasteiger partial charge in [-0.3, -0.25) is 14.9 Å². The van der Waals surface area contributed by atoms with Crippen molar-refractivity contribution in [1.82, 2.24) is 5.32 Å². The number of phenolic OH excluding ortho intramolecular Hbond substituents is 1. The number of phenols is 1. The van der Waals surface area contributed by atoms with Gasteiger partial charge in [0.25, 0.3) is 11.6 Å². The molecule has 6 heteroatoms. The molecule has 0 aliphatic rings. The van der Waals surface area contributed by atoms with Gasteiger partial charge in [0.15, 0.2) is 0 Å². The molecule has 1 amide bonds. The third-order valence-corrected chi connectivity index (χ3v) is 3.14. The zero-order valence-corrected chi connectivity index (χ0v) is 11.2. The summed E-state index contributed by atoms with van der Waals surface area (Å²) in [5.74, 6) is -0.0532. The molecule has 1 aromatic rings. The highest BCUT2D eigenvalue weighted by Crippen LogP contribution is 2.23. The molecule has 0 radical (unpaired) electrons. The highest BCUT2D eigenvalue weighted by atomic mass is 16.6. The lowest BCUT2D eigenvalue weighted by Crippen LogP contribution is -2.30. The first-order valence-electron chi connectivity index (χ1n) is 6.08. The van der Waals surface area contributed by atoms with Gasteiger partial charge in [-0.2, -0.15) is 0 Å². The molecule has 1 unspecified atom stereocenters. The average Bonchev–Trinajstić information content (AvgIpc) is 2.34. The lowest BCUT2D eigenvalue weighted by molar-refractivity contribution is -0.385. The number of aromatic hydroxyl groups is 1. The highest BCUT2D eigenvalue weighted by Gasteiger charge is 2.21. The lowest BCUT2D eigenvalue weighted by atomic mass is 9.98. The van der Waals surface area contributed by atoms with E-state index in [0.29, 0.717) is 12.5 Å². The number of nitro groups is 1. The van der Waals surface area contributed by atoms with Gasteiger partial charge in [0, 0.05) is 12.6 Å². The fourth-order valence-electron chi connectivity index (χ4n) is 1.45. The van der Waals surface area contributed by atoms with E-state index in [4.69, 9.17) is 0 Å². The Balaban J connectivity index is 2.87. The molecule has 1 atom stereocenters. The second-order valence-corrected chi connectivity index (χ2v) is 4.89. The zero-order valence-electron chi connectivity index (χ0n) is 11.2. The Bertz CT molecular complexity index is 486. The number of carbonyl (C=O) groups is 1. The molecule has 1 rings (SSSR count). The van der Waals surface area contributed by atoms with E-state index in [1.807, 2.05) is 20.8 Å². The Morgan fingerprint density at radius 3 is 2.58 bits per heavy atom. The molecule has 0 saturated carbocycles. The number of nitro benzene ring substituents is 1. The summed E-state index contributed by atoms with van der Waals surface area (Å²) in [4.78, 5) is 22.1. The Hall–Kier alpha value is -2.11. The van der Waals surface area contributed by atoms with Crippen molar-refractivity contribution >= 4 is 11.6 Å². The van der Waals surface area contributed by atoms with Crippen molar-refractivity contribution in [3.8, 4) is 5.75 Å². The van der Waals surface area contributed by atoms with Crippen LogP contribution < -0.4 is 5.32 Å². The number of hydrogen-bond acceptors (Lipinski definition) is 4. The molecule has 0 aliphatic carbocycles. The van der Waals surface area contributed by atoms with Crippen LogP contribution in [-0.4, -0.2) is 22.5 Å². The first-order valence-corrected chi connectivity index (χ1v) is 6.08. The van der Waals surface area contributed by atoms with Crippen molar-refractivity contribution in [2.24, 2.45) is 11.8 Å². The standard InChI is InChI=1S/C13H18N2O4/c1-8(2)9(3)7-14-13(17)11-6-10(16)4-5-12(11)15(18)19/h4-6,8-9,16H,7H2,1-3H3,(H,14,17). The van der Waals surface area contributed by atoms with E-state index in [9.17, 15) is 20.0 Å². The second kappa shape index (κ2) is 6.17. The van der Waals surface area contributed by atoms with E-state index >= 15 is 0 Å². The fraction of sp³-hybridized carbons (Fsp3) is 0.462. The maximum atomic E-state index is 11.9. The number of rotatable bonds is 5. The number of amides is 1. The minimum atomic E-state index is -0.639. The van der Waals surface area contributed by atoms with Gasteiger partial charge >= 0.3 is 0 Å². The van der Waals surface area contributed by atoms with Crippen LogP contribution in [0.15, 0.2) is 18.2 Å². The molecule has 0 saturated heterocycles. The van der Waals surface area contributed by atoms with Gasteiger partial charge in [-0.1, -0.05) is 20.8 Å². The van der Waals surface area contributed by atoms with E-state index in [1.165, 1.54) is 6.07 Å². The topological polar surface area (TPSA) is 92.5 Å². The minimum Gasteiger partial charge on any atom is -0.508 e. The van der Waals surface area contributed by atoms with Crippen molar-refractivity contribution < 1.29 is 14.8 Å². The molecule has 0 aromatic heterocycles. The summed E-state index contributed by atoms with van der Waals surface area (Å²) >= 11 is 0. The number of carbonyl (C=O) groups excluding carboxylic acids is 1. The molecular formula is C13H18N2O4. The molecule has 0 aliphatic heterocycles. The van der Waals surface area contributed by atoms with Crippen LogP contribution in [0.4, 0.5) is 5.69 Å². The van der Waals surface area contributed by atoms with Crippen LogP contribution in [0.1, 0.15) is 31.1 Å². The van der Waals surface area contributed by atoms with Crippen LogP contribution in [0.2, 0.25) is 0 Å². The predicted octanol–water partition coefficient (Wildman–Crippen LogP) is 2.32. The van der Waals surface area contributed by atoms with Crippen molar-refractivity contribution in [3.05, 3.63) is 33.9 Å². The molecule has 0 bridgehead atoms. The molecule has 1 aromatic carbocycles. The summed E-state index contributed by atoms with van der Waals surface area (Å²) in [6.45, 7) is 6.49. The number of hydrogen-bond donors (Lipinski definition) is 2. The van der Waals surface area contributed by atoms with Crippen molar-refractivity contribution in [2.75, 3.05) is 6.54 Å². The van der Waals surface area contributed by atoms with Gasteiger partial charge in [-0.15, -0.1) is 0 Å². The quantitative estimate of drug-likeness (QED) is 0.632. The Labute approximate surface area is 111 Å². The van der Waals surface area contributed by atoms with Crippen molar-refractivity contribution in [3.63, 3.8) is 0 Å². The maximum absolute atomic E-state index is 11.9. The molecule has 0 spiro atoms. The van der Waals surface area contributed by atoms with Gasteiger partial charge in [0.05, 0.1) is 4.92 Å². The normalized spacial score (nSPS) is 12.2. The SMILES string of the molecule is CC(C)C(C)CNC(=O)c1cc(O)ccc1[N+](=O)[O-]. The molecule has 19 heavy (non-hydrogen) atoms. The summed E-state index contributed by atoms with van der Waals surface area (Å²) in [6, 6.07) is 3.41. The highest BCUT2D eigenvalue weighted by molar-refractivity contribution is 5.98. The Morgan fingerprint density at radius 2 is 2.05 bits per heavy atom. The maximum Gasteiger partial charge on any atom is 0.282 e. The molecule has 6 nitrogen and oxygen atoms in total. The first-order chi connectivity index (χ1) is 8.82. The van der Waals surface area contributed by atoms with Crippen molar-refractivity contribution in [2.45, 2.75) is 20.8 Å². The predicted molar refractivity (Wildman–Crippen MR) is 71.1 cm³/mol. The molecule has 2 N–H and O–H groups in total. The second-order valence-electron chi connectivity index (χ2n) is 4.89. The largest absolute Gasteiger partial charge is 0.508 e. The van der Waals surface area contributed by atoms with Crippen LogP contribution in [0.5, 0.6) is 5.75 Å². The van der Waals surface area contributed by atoms with Gasteiger partial charge < -0.3 is 10.4 Å². The lowest BCUT2D eigenvalue weighted by Gasteiger charge is -2.16. The smallest absolute Gasteiger partial charge is 0.282 e. The number of nitrogens with one attached hydrogen (secondary N) is 1. The molecule has 0 heterocycles. The van der Waals surface area contributed by atoms with Crippen LogP contribution in [0, 0.1) is 22.0 Å². The van der Waals surface area contributed by atoms with Crippen LogP contribution >= 0.6 is 0 Å². The van der Waals surface area contributed by atoms with Gasteiger partial charge in [0.1, 0.15) is 11.3 Å². The first kappa shape index (κ1) is 14.9. The number of benzene rings is 1. The van der Waals surface area contributed by atoms with Gasteiger partial charge in [0.2, 0.25) is 0 Å². The summed E-state index contributed by atoms with van der Waals surface area (Å²) in [6.07, 6.45) is 0. The summed E-state index contributed by atoms with van der Waals surface area (Å²) in [5.41, 5.74) is -0.437. The minimum absolute atomic E-state index is 0.124. The van der Waals surface area contributed by atoms with Crippen molar-refractivity contribution in [1.29, 1.82) is 0 Å². The fourth-order valence-corrected chi connectivity index (χ4v) is 1.45. The zero-order chi connectivity index (χ0) is 14.6. The molecular weight excluding hydrogens is 248 g/mol. The van der Waals surface area contributed by atoms with Crippen LogP contribution in [0.25, 0.3) is 0 Å². The number of nitrogens with zero attached hydrogens (tertiary/aromatic N) is 1. The molecule has 0 fully saturated rings. The van der Waals surface area contributed by atoms with E-state index in [0.717, 1.165) is 12.1 Å². The molecule has 104 valence electrons. The third kappa shape index (κ3) is 3.94. The monoisotopic (exact) mass is 266 g/mol.